The average molecular weight is 335 g/mol. The van der Waals surface area contributed by atoms with Gasteiger partial charge in [0.1, 0.15) is 0 Å². The molecule has 4 rings (SSSR count). The highest BCUT2D eigenvalue weighted by Gasteiger charge is 2.36. The van der Waals surface area contributed by atoms with Crippen LogP contribution < -0.4 is 21.5 Å². The number of thiocarbonyl (C=S) groups is 2. The molecule has 0 amide bonds. The van der Waals surface area contributed by atoms with E-state index < -0.39 is 0 Å². The van der Waals surface area contributed by atoms with Crippen LogP contribution in [0.3, 0.4) is 0 Å². The fourth-order valence-electron chi connectivity index (χ4n) is 4.42. The SMILES string of the molecule is S=C(NNC(=S)N[C@@H]1C[C@H]2C=C[C@H]1C2)N[C@@H]1C[C@H]2C=C[C@@H]1C2. The second-order valence-electron chi connectivity index (χ2n) is 6.97. The fourth-order valence-corrected chi connectivity index (χ4v) is 4.82. The second kappa shape index (κ2) is 5.81. The molecule has 0 unspecified atom stereocenters. The van der Waals surface area contributed by atoms with Gasteiger partial charge in [0, 0.05) is 12.1 Å². The van der Waals surface area contributed by atoms with Gasteiger partial charge in [-0.1, -0.05) is 24.3 Å². The maximum absolute atomic E-state index is 5.35. The molecule has 6 heteroatoms. The fraction of sp³-hybridized carbons (Fsp3) is 0.625. The van der Waals surface area contributed by atoms with Crippen LogP contribution in [0.15, 0.2) is 24.3 Å². The van der Waals surface area contributed by atoms with E-state index in [2.05, 4.69) is 45.8 Å². The summed E-state index contributed by atoms with van der Waals surface area (Å²) in [6.07, 6.45) is 14.2. The van der Waals surface area contributed by atoms with E-state index >= 15 is 0 Å². The van der Waals surface area contributed by atoms with E-state index in [4.69, 9.17) is 24.4 Å². The van der Waals surface area contributed by atoms with E-state index in [1.54, 1.807) is 0 Å². The lowest BCUT2D eigenvalue weighted by molar-refractivity contribution is 0.510. The van der Waals surface area contributed by atoms with Crippen LogP contribution in [-0.4, -0.2) is 22.3 Å². The second-order valence-corrected chi connectivity index (χ2v) is 7.79. The zero-order valence-electron chi connectivity index (χ0n) is 12.4. The molecule has 2 saturated carbocycles. The number of rotatable bonds is 2. The molecule has 0 heterocycles. The van der Waals surface area contributed by atoms with Crippen LogP contribution in [0.1, 0.15) is 25.7 Å². The molecule has 0 aliphatic heterocycles. The maximum Gasteiger partial charge on any atom is 0.185 e. The number of hydrogen-bond donors (Lipinski definition) is 4. The van der Waals surface area contributed by atoms with Gasteiger partial charge in [0.25, 0.3) is 0 Å². The van der Waals surface area contributed by atoms with E-state index in [9.17, 15) is 0 Å². The van der Waals surface area contributed by atoms with E-state index in [0.717, 1.165) is 11.8 Å². The smallest absolute Gasteiger partial charge is 0.185 e. The predicted molar refractivity (Wildman–Crippen MR) is 96.0 cm³/mol. The first-order valence-electron chi connectivity index (χ1n) is 8.17. The summed E-state index contributed by atoms with van der Waals surface area (Å²) < 4.78 is 0. The minimum absolute atomic E-state index is 0.467. The molecule has 0 spiro atoms. The molecule has 0 radical (unpaired) electrons. The van der Waals surface area contributed by atoms with Crippen LogP contribution >= 0.6 is 24.4 Å². The molecule has 4 N–H and O–H groups in total. The number of hydrazine groups is 1. The Balaban J connectivity index is 1.18. The zero-order valence-corrected chi connectivity index (χ0v) is 14.1. The van der Waals surface area contributed by atoms with Gasteiger partial charge < -0.3 is 10.6 Å². The highest BCUT2D eigenvalue weighted by Crippen LogP contribution is 2.39. The highest BCUT2D eigenvalue weighted by molar-refractivity contribution is 7.80. The first-order valence-corrected chi connectivity index (χ1v) is 8.98. The van der Waals surface area contributed by atoms with Crippen molar-refractivity contribution in [2.75, 3.05) is 0 Å². The minimum atomic E-state index is 0.467. The summed E-state index contributed by atoms with van der Waals surface area (Å²) in [4.78, 5) is 0. The third-order valence-corrected chi connectivity index (χ3v) is 5.92. The first kappa shape index (κ1) is 14.5. The van der Waals surface area contributed by atoms with E-state index in [-0.39, 0.29) is 0 Å². The topological polar surface area (TPSA) is 48.1 Å². The molecular weight excluding hydrogens is 312 g/mol. The largest absolute Gasteiger partial charge is 0.358 e. The Hall–Kier alpha value is -1.14. The molecular formula is C16H22N4S2. The van der Waals surface area contributed by atoms with E-state index in [1.807, 2.05) is 0 Å². The van der Waals surface area contributed by atoms with Crippen molar-refractivity contribution >= 4 is 34.7 Å². The number of allylic oxidation sites excluding steroid dienone is 2. The molecule has 4 aliphatic carbocycles. The summed E-state index contributed by atoms with van der Waals surface area (Å²) in [6.45, 7) is 0. The molecule has 2 fully saturated rings. The van der Waals surface area contributed by atoms with Gasteiger partial charge in [0.2, 0.25) is 0 Å². The molecule has 4 nitrogen and oxygen atoms in total. The van der Waals surface area contributed by atoms with Crippen molar-refractivity contribution in [3.8, 4) is 0 Å². The third kappa shape index (κ3) is 2.86. The summed E-state index contributed by atoms with van der Waals surface area (Å²) in [6, 6.07) is 0.933. The van der Waals surface area contributed by atoms with Crippen molar-refractivity contribution in [3.63, 3.8) is 0 Å². The van der Waals surface area contributed by atoms with Crippen molar-refractivity contribution in [3.05, 3.63) is 24.3 Å². The lowest BCUT2D eigenvalue weighted by Crippen LogP contribution is -2.54. The Morgan fingerprint density at radius 2 is 1.14 bits per heavy atom. The van der Waals surface area contributed by atoms with Crippen molar-refractivity contribution in [2.24, 2.45) is 23.7 Å². The molecule has 0 saturated heterocycles. The Bertz CT molecular complexity index is 496. The Kier molecular flexibility index (Phi) is 3.82. The molecule has 4 bridgehead atoms. The minimum Gasteiger partial charge on any atom is -0.358 e. The summed E-state index contributed by atoms with van der Waals surface area (Å²) in [7, 11) is 0. The number of nitrogens with one attached hydrogen (secondary N) is 4. The van der Waals surface area contributed by atoms with Gasteiger partial charge in [-0.15, -0.1) is 0 Å². The van der Waals surface area contributed by atoms with Crippen molar-refractivity contribution in [2.45, 2.75) is 37.8 Å². The Morgan fingerprint density at radius 3 is 1.45 bits per heavy atom. The highest BCUT2D eigenvalue weighted by atomic mass is 32.1. The lowest BCUT2D eigenvalue weighted by atomic mass is 10.0. The lowest BCUT2D eigenvalue weighted by Gasteiger charge is -2.24. The van der Waals surface area contributed by atoms with Gasteiger partial charge in [0.05, 0.1) is 0 Å². The zero-order chi connectivity index (χ0) is 15.1. The van der Waals surface area contributed by atoms with Gasteiger partial charge in [-0.25, -0.2) is 0 Å². The van der Waals surface area contributed by atoms with Crippen molar-refractivity contribution < 1.29 is 0 Å². The van der Waals surface area contributed by atoms with Gasteiger partial charge >= 0.3 is 0 Å². The van der Waals surface area contributed by atoms with Gasteiger partial charge in [0.15, 0.2) is 10.2 Å². The summed E-state index contributed by atoms with van der Waals surface area (Å²) >= 11 is 10.7. The standard InChI is InChI=1S/C16H22N4S2/c21-15(17-13-7-9-1-3-11(13)5-9)19-20-16(22)18-14-8-10-2-4-12(14)6-10/h1-4,9-14H,5-8H2,(H2,17,19,21)(H2,18,20,22)/t9-,10-,11-,12+,13+,14+/m0/s1. The molecule has 0 aromatic heterocycles. The number of hydrogen-bond acceptors (Lipinski definition) is 2. The van der Waals surface area contributed by atoms with Crippen LogP contribution in [0.5, 0.6) is 0 Å². The molecule has 4 aliphatic rings. The monoisotopic (exact) mass is 334 g/mol. The number of fused-ring (bicyclic) bond motifs is 4. The maximum atomic E-state index is 5.35. The van der Waals surface area contributed by atoms with Crippen LogP contribution in [0.2, 0.25) is 0 Å². The van der Waals surface area contributed by atoms with Crippen LogP contribution in [0, 0.1) is 23.7 Å². The van der Waals surface area contributed by atoms with E-state index in [0.29, 0.717) is 34.1 Å². The molecule has 0 aromatic rings. The van der Waals surface area contributed by atoms with Crippen molar-refractivity contribution in [1.82, 2.24) is 21.5 Å². The molecule has 118 valence electrons. The molecule has 22 heavy (non-hydrogen) atoms. The van der Waals surface area contributed by atoms with Crippen LogP contribution in [0.25, 0.3) is 0 Å². The summed E-state index contributed by atoms with van der Waals surface area (Å²) in [5.41, 5.74) is 6.02. The third-order valence-electron chi connectivity index (χ3n) is 5.48. The van der Waals surface area contributed by atoms with Crippen molar-refractivity contribution in [1.29, 1.82) is 0 Å². The summed E-state index contributed by atoms with van der Waals surface area (Å²) in [5.74, 6) is 2.75. The summed E-state index contributed by atoms with van der Waals surface area (Å²) in [5, 5.41) is 8.04. The van der Waals surface area contributed by atoms with E-state index in [1.165, 1.54) is 25.7 Å². The molecule has 6 atom stereocenters. The van der Waals surface area contributed by atoms with Crippen LogP contribution in [0.4, 0.5) is 0 Å². The normalized spacial score (nSPS) is 40.0. The average Bonchev–Trinajstić information content (AvgIpc) is 3.25. The Labute approximate surface area is 142 Å². The predicted octanol–water partition coefficient (Wildman–Crippen LogP) is 1.76. The molecule has 0 aromatic carbocycles. The van der Waals surface area contributed by atoms with Crippen LogP contribution in [-0.2, 0) is 0 Å². The first-order chi connectivity index (χ1) is 10.7. The van der Waals surface area contributed by atoms with Gasteiger partial charge in [-0.2, -0.15) is 0 Å². The Morgan fingerprint density at radius 1 is 0.682 bits per heavy atom. The van der Waals surface area contributed by atoms with Gasteiger partial charge in [-0.3, -0.25) is 10.9 Å². The van der Waals surface area contributed by atoms with Gasteiger partial charge in [-0.05, 0) is 73.8 Å². The quantitative estimate of drug-likeness (QED) is 0.351.